The lowest BCUT2D eigenvalue weighted by Gasteiger charge is -2.41. The molecular weight excluding hydrogens is 222 g/mol. The quantitative estimate of drug-likeness (QED) is 0.765. The number of nitrogens with zero attached hydrogens (tertiary/aromatic N) is 2. The number of rotatable bonds is 0. The Morgan fingerprint density at radius 1 is 1.28 bits per heavy atom. The number of aromatic nitrogens is 2. The number of nitrogens with two attached hydrogens (primary N) is 1. The summed E-state index contributed by atoms with van der Waals surface area (Å²) in [6.45, 7) is 10.4. The zero-order valence-electron chi connectivity index (χ0n) is 12.1. The summed E-state index contributed by atoms with van der Waals surface area (Å²) in [5.41, 5.74) is 9.52. The maximum absolute atomic E-state index is 6.14. The van der Waals surface area contributed by atoms with Crippen LogP contribution in [0.3, 0.4) is 0 Å². The highest BCUT2D eigenvalue weighted by Crippen LogP contribution is 2.46. The summed E-state index contributed by atoms with van der Waals surface area (Å²) in [4.78, 5) is 4.92. The van der Waals surface area contributed by atoms with Gasteiger partial charge in [-0.2, -0.15) is 0 Å². The Balaban J connectivity index is 2.13. The van der Waals surface area contributed by atoms with Crippen LogP contribution >= 0.6 is 0 Å². The summed E-state index contributed by atoms with van der Waals surface area (Å²) < 4.78 is 2.43. The smallest absolute Gasteiger partial charge is 0.109 e. The van der Waals surface area contributed by atoms with E-state index in [4.69, 9.17) is 10.7 Å². The number of hydrogen-bond donors (Lipinski definition) is 1. The summed E-state index contributed by atoms with van der Waals surface area (Å²) >= 11 is 0. The van der Waals surface area contributed by atoms with Gasteiger partial charge in [0, 0.05) is 30.1 Å². The zero-order chi connectivity index (χ0) is 13.1. The first-order chi connectivity index (χ1) is 8.28. The predicted molar refractivity (Wildman–Crippen MR) is 73.7 cm³/mol. The SMILES string of the molecule is CC1(C)Cc2nc3n(c2C(C)(C)C1)CC(N)CC3. The van der Waals surface area contributed by atoms with E-state index in [1.807, 2.05) is 0 Å². The lowest BCUT2D eigenvalue weighted by molar-refractivity contribution is 0.218. The van der Waals surface area contributed by atoms with Gasteiger partial charge in [0.15, 0.2) is 0 Å². The zero-order valence-corrected chi connectivity index (χ0v) is 12.1. The first-order valence-corrected chi connectivity index (χ1v) is 7.13. The summed E-state index contributed by atoms with van der Waals surface area (Å²) in [7, 11) is 0. The minimum Gasteiger partial charge on any atom is -0.330 e. The molecule has 0 bridgehead atoms. The minimum absolute atomic E-state index is 0.222. The Bertz CT molecular complexity index is 482. The lowest BCUT2D eigenvalue weighted by atomic mass is 9.66. The highest BCUT2D eigenvalue weighted by molar-refractivity contribution is 5.31. The molecule has 1 aliphatic carbocycles. The van der Waals surface area contributed by atoms with Crippen LogP contribution < -0.4 is 5.73 Å². The van der Waals surface area contributed by atoms with Gasteiger partial charge in [0.05, 0.1) is 5.69 Å². The van der Waals surface area contributed by atoms with Crippen molar-refractivity contribution in [3.63, 3.8) is 0 Å². The molecule has 1 unspecified atom stereocenters. The minimum atomic E-state index is 0.222. The average molecular weight is 247 g/mol. The van der Waals surface area contributed by atoms with Crippen LogP contribution in [0.1, 0.15) is 57.7 Å². The second-order valence-electron chi connectivity index (χ2n) is 7.63. The van der Waals surface area contributed by atoms with Crippen LogP contribution in [-0.4, -0.2) is 15.6 Å². The van der Waals surface area contributed by atoms with Crippen molar-refractivity contribution in [2.75, 3.05) is 0 Å². The molecule has 1 aromatic rings. The van der Waals surface area contributed by atoms with Crippen molar-refractivity contribution in [3.8, 4) is 0 Å². The van der Waals surface area contributed by atoms with Crippen LogP contribution in [0.25, 0.3) is 0 Å². The molecule has 1 atom stereocenters. The molecule has 100 valence electrons. The number of hydrogen-bond acceptors (Lipinski definition) is 2. The maximum Gasteiger partial charge on any atom is 0.109 e. The Kier molecular flexibility index (Phi) is 2.44. The molecule has 0 spiro atoms. The van der Waals surface area contributed by atoms with Crippen LogP contribution in [0.2, 0.25) is 0 Å². The van der Waals surface area contributed by atoms with E-state index in [1.165, 1.54) is 23.6 Å². The average Bonchev–Trinajstić information content (AvgIpc) is 2.51. The molecule has 3 nitrogen and oxygen atoms in total. The highest BCUT2D eigenvalue weighted by Gasteiger charge is 2.42. The normalized spacial score (nSPS) is 28.6. The molecule has 18 heavy (non-hydrogen) atoms. The third kappa shape index (κ3) is 1.80. The fourth-order valence-electron chi connectivity index (χ4n) is 4.26. The predicted octanol–water partition coefficient (Wildman–Crippen LogP) is 2.41. The van der Waals surface area contributed by atoms with Gasteiger partial charge >= 0.3 is 0 Å². The molecule has 0 radical (unpaired) electrons. The third-order valence-corrected chi connectivity index (χ3v) is 4.48. The lowest BCUT2D eigenvalue weighted by Crippen LogP contribution is -2.39. The molecule has 0 saturated carbocycles. The summed E-state index contributed by atoms with van der Waals surface area (Å²) in [5, 5.41) is 0. The van der Waals surface area contributed by atoms with Crippen LogP contribution in [-0.2, 0) is 24.8 Å². The van der Waals surface area contributed by atoms with E-state index in [9.17, 15) is 0 Å². The number of imidazole rings is 1. The largest absolute Gasteiger partial charge is 0.330 e. The fraction of sp³-hybridized carbons (Fsp3) is 0.800. The van der Waals surface area contributed by atoms with Gasteiger partial charge in [-0.05, 0) is 24.7 Å². The summed E-state index contributed by atoms with van der Waals surface area (Å²) in [6, 6.07) is 0.307. The van der Waals surface area contributed by atoms with Gasteiger partial charge in [0.2, 0.25) is 0 Å². The van der Waals surface area contributed by atoms with Gasteiger partial charge < -0.3 is 10.3 Å². The van der Waals surface area contributed by atoms with Gasteiger partial charge in [0.1, 0.15) is 5.82 Å². The Morgan fingerprint density at radius 3 is 2.72 bits per heavy atom. The van der Waals surface area contributed by atoms with Gasteiger partial charge in [-0.15, -0.1) is 0 Å². The van der Waals surface area contributed by atoms with Crippen molar-refractivity contribution in [1.82, 2.24) is 9.55 Å². The topological polar surface area (TPSA) is 43.8 Å². The van der Waals surface area contributed by atoms with E-state index < -0.39 is 0 Å². The van der Waals surface area contributed by atoms with Crippen molar-refractivity contribution in [2.24, 2.45) is 11.1 Å². The maximum atomic E-state index is 6.14. The Labute approximate surface area is 110 Å². The molecule has 2 heterocycles. The van der Waals surface area contributed by atoms with Gasteiger partial charge in [-0.25, -0.2) is 4.98 Å². The van der Waals surface area contributed by atoms with Crippen molar-refractivity contribution >= 4 is 0 Å². The van der Waals surface area contributed by atoms with Crippen molar-refractivity contribution in [2.45, 2.75) is 71.4 Å². The molecule has 1 aromatic heterocycles. The van der Waals surface area contributed by atoms with E-state index >= 15 is 0 Å². The van der Waals surface area contributed by atoms with Crippen molar-refractivity contribution < 1.29 is 0 Å². The number of aryl methyl sites for hydroxylation is 1. The van der Waals surface area contributed by atoms with E-state index in [2.05, 4.69) is 32.3 Å². The van der Waals surface area contributed by atoms with Crippen LogP contribution in [0.4, 0.5) is 0 Å². The monoisotopic (exact) mass is 247 g/mol. The van der Waals surface area contributed by atoms with Gasteiger partial charge in [0.25, 0.3) is 0 Å². The fourth-order valence-corrected chi connectivity index (χ4v) is 4.26. The van der Waals surface area contributed by atoms with Gasteiger partial charge in [-0.3, -0.25) is 0 Å². The van der Waals surface area contributed by atoms with E-state index in [0.29, 0.717) is 11.5 Å². The van der Waals surface area contributed by atoms with E-state index in [0.717, 1.165) is 25.8 Å². The second kappa shape index (κ2) is 3.60. The van der Waals surface area contributed by atoms with E-state index in [-0.39, 0.29) is 5.41 Å². The molecule has 0 aromatic carbocycles. The molecule has 0 fully saturated rings. The molecular formula is C15H25N3. The van der Waals surface area contributed by atoms with Gasteiger partial charge in [-0.1, -0.05) is 27.7 Å². The standard InChI is InChI=1S/C15H25N3/c1-14(2)7-11-13(15(3,4)9-14)18-8-10(16)5-6-12(18)17-11/h10H,5-9,16H2,1-4H3. The van der Waals surface area contributed by atoms with Crippen molar-refractivity contribution in [3.05, 3.63) is 17.2 Å². The second-order valence-corrected chi connectivity index (χ2v) is 7.63. The Morgan fingerprint density at radius 2 is 2.00 bits per heavy atom. The molecule has 0 amide bonds. The van der Waals surface area contributed by atoms with Crippen molar-refractivity contribution in [1.29, 1.82) is 0 Å². The molecule has 2 aliphatic rings. The Hall–Kier alpha value is -0.830. The van der Waals surface area contributed by atoms with Crippen LogP contribution in [0.15, 0.2) is 0 Å². The highest BCUT2D eigenvalue weighted by atomic mass is 15.1. The van der Waals surface area contributed by atoms with Crippen LogP contribution in [0.5, 0.6) is 0 Å². The first kappa shape index (κ1) is 12.2. The summed E-state index contributed by atoms with van der Waals surface area (Å²) in [5.74, 6) is 1.27. The van der Waals surface area contributed by atoms with Crippen LogP contribution in [0, 0.1) is 5.41 Å². The van der Waals surface area contributed by atoms with E-state index in [1.54, 1.807) is 0 Å². The summed E-state index contributed by atoms with van der Waals surface area (Å²) in [6.07, 6.45) is 4.47. The number of fused-ring (bicyclic) bond motifs is 3. The third-order valence-electron chi connectivity index (χ3n) is 4.48. The first-order valence-electron chi connectivity index (χ1n) is 7.13. The molecule has 2 N–H and O–H groups in total. The molecule has 3 rings (SSSR count). The molecule has 1 aliphatic heterocycles. The molecule has 3 heteroatoms. The molecule has 0 saturated heterocycles.